The van der Waals surface area contributed by atoms with E-state index in [4.69, 9.17) is 4.18 Å². The highest BCUT2D eigenvalue weighted by molar-refractivity contribution is 7.86. The summed E-state index contributed by atoms with van der Waals surface area (Å²) in [6.45, 7) is 6.45. The number of aryl methyl sites for hydroxylation is 3. The summed E-state index contributed by atoms with van der Waals surface area (Å²) in [6.07, 6.45) is 9.92. The Morgan fingerprint density at radius 2 is 1.61 bits per heavy atom. The maximum absolute atomic E-state index is 11.9. The van der Waals surface area contributed by atoms with Gasteiger partial charge in [0.05, 0.1) is 23.1 Å². The molecule has 1 aromatic heterocycles. The first-order valence-electron chi connectivity index (χ1n) is 8.74. The molecule has 1 rings (SSSR count). The molecule has 0 saturated carbocycles. The van der Waals surface area contributed by atoms with Crippen LogP contribution < -0.4 is 0 Å². The standard InChI is InChI=1S/C17H31NO3S2/c1-4-5-6-7-8-9-10-11-13-21-23(19,20)14-12-17-15(2)22-16(3)18-17/h4-14H2,1-3H3. The van der Waals surface area contributed by atoms with E-state index in [1.807, 2.05) is 13.8 Å². The molecule has 4 nitrogen and oxygen atoms in total. The van der Waals surface area contributed by atoms with Crippen LogP contribution in [0.5, 0.6) is 0 Å². The molecule has 0 fully saturated rings. The van der Waals surface area contributed by atoms with Crippen molar-refractivity contribution in [3.63, 3.8) is 0 Å². The normalized spacial score (nSPS) is 12.0. The third-order valence-electron chi connectivity index (χ3n) is 3.85. The average Bonchev–Trinajstić information content (AvgIpc) is 2.81. The van der Waals surface area contributed by atoms with E-state index in [9.17, 15) is 8.42 Å². The van der Waals surface area contributed by atoms with Gasteiger partial charge in [0.2, 0.25) is 0 Å². The quantitative estimate of drug-likeness (QED) is 0.374. The fourth-order valence-corrected chi connectivity index (χ4v) is 4.30. The summed E-state index contributed by atoms with van der Waals surface area (Å²) in [7, 11) is -3.43. The second-order valence-electron chi connectivity index (χ2n) is 6.04. The topological polar surface area (TPSA) is 56.3 Å². The largest absolute Gasteiger partial charge is 0.270 e. The Labute approximate surface area is 145 Å². The molecule has 0 radical (unpaired) electrons. The molecular formula is C17H31NO3S2. The molecule has 134 valence electrons. The monoisotopic (exact) mass is 361 g/mol. The third-order valence-corrected chi connectivity index (χ3v) is 6.01. The summed E-state index contributed by atoms with van der Waals surface area (Å²) in [5.74, 6) is 0.0219. The van der Waals surface area contributed by atoms with Crippen molar-refractivity contribution >= 4 is 21.5 Å². The number of nitrogens with zero attached hydrogens (tertiary/aromatic N) is 1. The summed E-state index contributed by atoms with van der Waals surface area (Å²) >= 11 is 1.61. The van der Waals surface area contributed by atoms with Crippen molar-refractivity contribution in [1.82, 2.24) is 4.98 Å². The van der Waals surface area contributed by atoms with Gasteiger partial charge in [0.15, 0.2) is 0 Å². The molecule has 0 atom stereocenters. The van der Waals surface area contributed by atoms with Crippen molar-refractivity contribution in [3.05, 3.63) is 15.6 Å². The molecule has 0 bridgehead atoms. The van der Waals surface area contributed by atoms with Crippen LogP contribution in [-0.4, -0.2) is 25.8 Å². The van der Waals surface area contributed by atoms with E-state index in [0.717, 1.165) is 28.4 Å². The first-order valence-corrected chi connectivity index (χ1v) is 11.1. The van der Waals surface area contributed by atoms with Crippen LogP contribution in [0.3, 0.4) is 0 Å². The second kappa shape index (κ2) is 11.2. The molecule has 0 aromatic carbocycles. The third kappa shape index (κ3) is 9.42. The summed E-state index contributed by atoms with van der Waals surface area (Å²) in [5.41, 5.74) is 0.881. The zero-order valence-corrected chi connectivity index (χ0v) is 16.4. The van der Waals surface area contributed by atoms with Gasteiger partial charge in [-0.1, -0.05) is 51.9 Å². The van der Waals surface area contributed by atoms with E-state index in [1.54, 1.807) is 11.3 Å². The first-order chi connectivity index (χ1) is 10.9. The number of aromatic nitrogens is 1. The van der Waals surface area contributed by atoms with Crippen LogP contribution in [0.1, 0.15) is 73.9 Å². The van der Waals surface area contributed by atoms with E-state index in [1.165, 1.54) is 38.5 Å². The van der Waals surface area contributed by atoms with Crippen LogP contribution in [0.25, 0.3) is 0 Å². The molecule has 0 spiro atoms. The van der Waals surface area contributed by atoms with Crippen molar-refractivity contribution in [3.8, 4) is 0 Å². The number of unbranched alkanes of at least 4 members (excludes halogenated alkanes) is 7. The lowest BCUT2D eigenvalue weighted by atomic mass is 10.1. The van der Waals surface area contributed by atoms with Crippen molar-refractivity contribution < 1.29 is 12.6 Å². The Bertz CT molecular complexity index is 538. The minimum atomic E-state index is -3.43. The molecule has 0 aliphatic rings. The highest BCUT2D eigenvalue weighted by atomic mass is 32.2. The molecule has 0 aliphatic heterocycles. The van der Waals surface area contributed by atoms with Crippen molar-refractivity contribution in [2.24, 2.45) is 0 Å². The van der Waals surface area contributed by atoms with Crippen LogP contribution in [0, 0.1) is 13.8 Å². The Morgan fingerprint density at radius 3 is 2.17 bits per heavy atom. The van der Waals surface area contributed by atoms with Crippen LogP contribution >= 0.6 is 11.3 Å². The SMILES string of the molecule is CCCCCCCCCCOS(=O)(=O)CCc1nc(C)sc1C. The molecular weight excluding hydrogens is 330 g/mol. The number of hydrogen-bond acceptors (Lipinski definition) is 5. The van der Waals surface area contributed by atoms with Gasteiger partial charge in [-0.15, -0.1) is 11.3 Å². The molecule has 0 amide bonds. The van der Waals surface area contributed by atoms with Gasteiger partial charge in [-0.05, 0) is 20.3 Å². The Kier molecular flexibility index (Phi) is 9.99. The molecule has 1 heterocycles. The van der Waals surface area contributed by atoms with E-state index < -0.39 is 10.1 Å². The lowest BCUT2D eigenvalue weighted by Gasteiger charge is -2.05. The Hall–Kier alpha value is -0.460. The van der Waals surface area contributed by atoms with Gasteiger partial charge in [0, 0.05) is 11.3 Å². The van der Waals surface area contributed by atoms with Gasteiger partial charge in [-0.3, -0.25) is 4.18 Å². The molecule has 0 unspecified atom stereocenters. The Morgan fingerprint density at radius 1 is 1.00 bits per heavy atom. The molecule has 0 aliphatic carbocycles. The van der Waals surface area contributed by atoms with Gasteiger partial charge in [0.25, 0.3) is 10.1 Å². The van der Waals surface area contributed by atoms with Gasteiger partial charge in [0.1, 0.15) is 0 Å². The fourth-order valence-electron chi connectivity index (χ4n) is 2.51. The van der Waals surface area contributed by atoms with E-state index >= 15 is 0 Å². The molecule has 6 heteroatoms. The average molecular weight is 362 g/mol. The van der Waals surface area contributed by atoms with E-state index in [0.29, 0.717) is 13.0 Å². The van der Waals surface area contributed by atoms with Crippen molar-refractivity contribution in [2.75, 3.05) is 12.4 Å². The predicted octanol–water partition coefficient (Wildman–Crippen LogP) is 4.79. The van der Waals surface area contributed by atoms with Gasteiger partial charge in [-0.25, -0.2) is 4.98 Å². The van der Waals surface area contributed by atoms with Crippen molar-refractivity contribution in [2.45, 2.75) is 78.6 Å². The lowest BCUT2D eigenvalue weighted by molar-refractivity contribution is 0.306. The zero-order valence-electron chi connectivity index (χ0n) is 14.8. The van der Waals surface area contributed by atoms with Crippen LogP contribution in [0.15, 0.2) is 0 Å². The Balaban J connectivity index is 2.10. The zero-order chi connectivity index (χ0) is 17.1. The van der Waals surface area contributed by atoms with Crippen LogP contribution in [0.4, 0.5) is 0 Å². The summed E-state index contributed by atoms with van der Waals surface area (Å²) < 4.78 is 28.9. The molecule has 0 saturated heterocycles. The van der Waals surface area contributed by atoms with Gasteiger partial charge >= 0.3 is 0 Å². The van der Waals surface area contributed by atoms with Crippen LogP contribution in [-0.2, 0) is 20.7 Å². The highest BCUT2D eigenvalue weighted by Crippen LogP contribution is 2.17. The molecule has 1 aromatic rings. The van der Waals surface area contributed by atoms with E-state index in [-0.39, 0.29) is 5.75 Å². The highest BCUT2D eigenvalue weighted by Gasteiger charge is 2.14. The van der Waals surface area contributed by atoms with Crippen LogP contribution in [0.2, 0.25) is 0 Å². The number of hydrogen-bond donors (Lipinski definition) is 0. The number of thiazole rings is 1. The lowest BCUT2D eigenvalue weighted by Crippen LogP contribution is -2.14. The molecule has 0 N–H and O–H groups in total. The summed E-state index contributed by atoms with van der Waals surface area (Å²) in [4.78, 5) is 5.46. The maximum Gasteiger partial charge on any atom is 0.267 e. The predicted molar refractivity (Wildman–Crippen MR) is 97.6 cm³/mol. The number of rotatable bonds is 13. The molecule has 23 heavy (non-hydrogen) atoms. The fraction of sp³-hybridized carbons (Fsp3) is 0.824. The maximum atomic E-state index is 11.9. The van der Waals surface area contributed by atoms with Gasteiger partial charge < -0.3 is 0 Å². The smallest absolute Gasteiger partial charge is 0.267 e. The van der Waals surface area contributed by atoms with Crippen molar-refractivity contribution in [1.29, 1.82) is 0 Å². The first kappa shape index (κ1) is 20.6. The minimum Gasteiger partial charge on any atom is -0.270 e. The van der Waals surface area contributed by atoms with E-state index in [2.05, 4.69) is 11.9 Å². The summed E-state index contributed by atoms with van der Waals surface area (Å²) in [6, 6.07) is 0. The van der Waals surface area contributed by atoms with Gasteiger partial charge in [-0.2, -0.15) is 8.42 Å². The second-order valence-corrected chi connectivity index (χ2v) is 9.21. The summed E-state index contributed by atoms with van der Waals surface area (Å²) in [5, 5.41) is 0.981. The minimum absolute atomic E-state index is 0.0219.